The van der Waals surface area contributed by atoms with Gasteiger partial charge in [0.25, 0.3) is 5.91 Å². The minimum Gasteiger partial charge on any atom is -0.496 e. The monoisotopic (exact) mass is 394 g/mol. The lowest BCUT2D eigenvalue weighted by molar-refractivity contribution is 0.0741. The van der Waals surface area contributed by atoms with Gasteiger partial charge >= 0.3 is 6.01 Å². The first kappa shape index (κ1) is 16.8. The van der Waals surface area contributed by atoms with Crippen molar-refractivity contribution in [2.24, 2.45) is 0 Å². The van der Waals surface area contributed by atoms with Crippen molar-refractivity contribution in [1.29, 1.82) is 0 Å². The number of nitrogens with zero attached hydrogens (tertiary/aromatic N) is 4. The van der Waals surface area contributed by atoms with E-state index in [-0.39, 0.29) is 5.91 Å². The van der Waals surface area contributed by atoms with E-state index in [0.29, 0.717) is 55.8 Å². The van der Waals surface area contributed by atoms with Crippen molar-refractivity contribution in [1.82, 2.24) is 15.1 Å². The predicted molar refractivity (Wildman–Crippen MR) is 92.5 cm³/mol. The fourth-order valence-corrected chi connectivity index (χ4v) is 3.00. The second-order valence-corrected chi connectivity index (χ2v) is 6.37. The zero-order valence-electron chi connectivity index (χ0n) is 13.7. The average Bonchev–Trinajstić information content (AvgIpc) is 3.10. The molecule has 1 amide bonds. The van der Waals surface area contributed by atoms with Crippen molar-refractivity contribution >= 4 is 27.9 Å². The Morgan fingerprint density at radius 2 is 2.04 bits per heavy atom. The van der Waals surface area contributed by atoms with E-state index in [1.807, 2.05) is 22.8 Å². The molecule has 8 heteroatoms. The summed E-state index contributed by atoms with van der Waals surface area (Å²) in [6.45, 7) is 4.48. The average molecular weight is 395 g/mol. The van der Waals surface area contributed by atoms with Gasteiger partial charge in [0.15, 0.2) is 0 Å². The maximum absolute atomic E-state index is 12.8. The second kappa shape index (κ2) is 7.21. The third kappa shape index (κ3) is 3.38. The molecule has 3 rings (SSSR count). The summed E-state index contributed by atoms with van der Waals surface area (Å²) in [6.07, 6.45) is 0.716. The molecule has 7 nitrogen and oxygen atoms in total. The van der Waals surface area contributed by atoms with Crippen LogP contribution in [0, 0.1) is 0 Å². The highest BCUT2D eigenvalue weighted by Gasteiger charge is 2.26. The Morgan fingerprint density at radius 3 is 2.67 bits per heavy atom. The SMILES string of the molecule is CCc1nnc(N2CCN(C(=O)c3cc(Br)ccc3OC)CC2)o1. The third-order valence-corrected chi connectivity index (χ3v) is 4.48. The molecule has 1 aromatic carbocycles. The van der Waals surface area contributed by atoms with Crippen molar-refractivity contribution < 1.29 is 13.9 Å². The van der Waals surface area contributed by atoms with Crippen LogP contribution < -0.4 is 9.64 Å². The molecule has 1 aliphatic rings. The van der Waals surface area contributed by atoms with Gasteiger partial charge in [-0.2, -0.15) is 0 Å². The molecule has 24 heavy (non-hydrogen) atoms. The fourth-order valence-electron chi connectivity index (χ4n) is 2.63. The van der Waals surface area contributed by atoms with Gasteiger partial charge < -0.3 is 19.0 Å². The van der Waals surface area contributed by atoms with Crippen molar-refractivity contribution in [3.63, 3.8) is 0 Å². The molecule has 1 aromatic heterocycles. The Morgan fingerprint density at radius 1 is 1.29 bits per heavy atom. The summed E-state index contributed by atoms with van der Waals surface area (Å²) in [7, 11) is 1.57. The molecular formula is C16H19BrN4O3. The molecule has 0 unspecified atom stereocenters. The largest absolute Gasteiger partial charge is 0.496 e. The van der Waals surface area contributed by atoms with E-state index in [1.165, 1.54) is 0 Å². The van der Waals surface area contributed by atoms with E-state index in [2.05, 4.69) is 26.1 Å². The number of hydrogen-bond donors (Lipinski definition) is 0. The summed E-state index contributed by atoms with van der Waals surface area (Å²) in [5, 5.41) is 8.04. The van der Waals surface area contributed by atoms with Crippen molar-refractivity contribution in [3.8, 4) is 5.75 Å². The van der Waals surface area contributed by atoms with Gasteiger partial charge in [-0.05, 0) is 18.2 Å². The lowest BCUT2D eigenvalue weighted by Gasteiger charge is -2.33. The van der Waals surface area contributed by atoms with E-state index < -0.39 is 0 Å². The minimum absolute atomic E-state index is 0.0347. The number of halogens is 1. The normalized spacial score (nSPS) is 14.8. The van der Waals surface area contributed by atoms with E-state index in [1.54, 1.807) is 19.2 Å². The zero-order valence-corrected chi connectivity index (χ0v) is 15.2. The quantitative estimate of drug-likeness (QED) is 0.792. The fraction of sp³-hybridized carbons (Fsp3) is 0.438. The summed E-state index contributed by atoms with van der Waals surface area (Å²) in [4.78, 5) is 16.6. The molecule has 0 saturated carbocycles. The summed E-state index contributed by atoms with van der Waals surface area (Å²) in [5.74, 6) is 1.17. The molecule has 0 bridgehead atoms. The molecule has 0 spiro atoms. The van der Waals surface area contributed by atoms with Gasteiger partial charge in [-0.3, -0.25) is 4.79 Å². The van der Waals surface area contributed by atoms with Crippen LogP contribution in [0.25, 0.3) is 0 Å². The maximum atomic E-state index is 12.8. The van der Waals surface area contributed by atoms with Gasteiger partial charge in [-0.15, -0.1) is 5.10 Å². The molecule has 1 fully saturated rings. The second-order valence-electron chi connectivity index (χ2n) is 5.46. The molecule has 2 aromatic rings. The number of methoxy groups -OCH3 is 1. The number of anilines is 1. The number of aromatic nitrogens is 2. The van der Waals surface area contributed by atoms with Crippen LogP contribution in [0.3, 0.4) is 0 Å². The van der Waals surface area contributed by atoms with E-state index >= 15 is 0 Å². The number of rotatable bonds is 4. The number of amides is 1. The number of carbonyl (C=O) groups is 1. The Bertz CT molecular complexity index is 726. The van der Waals surface area contributed by atoms with Crippen LogP contribution in [-0.2, 0) is 6.42 Å². The predicted octanol–water partition coefficient (Wildman–Crippen LogP) is 2.37. The Labute approximate surface area is 148 Å². The van der Waals surface area contributed by atoms with Gasteiger partial charge in [0.2, 0.25) is 5.89 Å². The third-order valence-electron chi connectivity index (χ3n) is 3.99. The zero-order chi connectivity index (χ0) is 17.1. The van der Waals surface area contributed by atoms with Crippen LogP contribution in [0.1, 0.15) is 23.2 Å². The highest BCUT2D eigenvalue weighted by molar-refractivity contribution is 9.10. The van der Waals surface area contributed by atoms with Crippen LogP contribution in [0.5, 0.6) is 5.75 Å². The van der Waals surface area contributed by atoms with Gasteiger partial charge in [0, 0.05) is 37.1 Å². The molecule has 1 saturated heterocycles. The van der Waals surface area contributed by atoms with Gasteiger partial charge in [0.1, 0.15) is 5.75 Å². The smallest absolute Gasteiger partial charge is 0.318 e. The Hall–Kier alpha value is -2.09. The number of carbonyl (C=O) groups excluding carboxylic acids is 1. The van der Waals surface area contributed by atoms with Gasteiger partial charge in [0.05, 0.1) is 12.7 Å². The molecule has 0 aliphatic carbocycles. The van der Waals surface area contributed by atoms with E-state index in [9.17, 15) is 4.79 Å². The van der Waals surface area contributed by atoms with Crippen LogP contribution in [0.15, 0.2) is 27.1 Å². The first-order valence-corrected chi connectivity index (χ1v) is 8.61. The van der Waals surface area contributed by atoms with Crippen molar-refractivity contribution in [2.45, 2.75) is 13.3 Å². The van der Waals surface area contributed by atoms with Crippen molar-refractivity contribution in [3.05, 3.63) is 34.1 Å². The maximum Gasteiger partial charge on any atom is 0.318 e. The number of ether oxygens (including phenoxy) is 1. The highest BCUT2D eigenvalue weighted by Crippen LogP contribution is 2.25. The topological polar surface area (TPSA) is 71.7 Å². The summed E-state index contributed by atoms with van der Waals surface area (Å²) >= 11 is 3.40. The molecule has 0 radical (unpaired) electrons. The Balaban J connectivity index is 1.68. The molecular weight excluding hydrogens is 376 g/mol. The number of benzene rings is 1. The number of hydrogen-bond acceptors (Lipinski definition) is 6. The van der Waals surface area contributed by atoms with Crippen molar-refractivity contribution in [2.75, 3.05) is 38.2 Å². The Kier molecular flexibility index (Phi) is 5.03. The molecule has 1 aliphatic heterocycles. The van der Waals surface area contributed by atoms with Crippen LogP contribution >= 0.6 is 15.9 Å². The van der Waals surface area contributed by atoms with Crippen LogP contribution in [-0.4, -0.2) is 54.3 Å². The standard InChI is InChI=1S/C16H19BrN4O3/c1-3-14-18-19-16(24-14)21-8-6-20(7-9-21)15(22)12-10-11(17)4-5-13(12)23-2/h4-5,10H,3,6-9H2,1-2H3. The van der Waals surface area contributed by atoms with E-state index in [0.717, 1.165) is 4.47 Å². The summed E-state index contributed by atoms with van der Waals surface area (Å²) in [5.41, 5.74) is 0.561. The highest BCUT2D eigenvalue weighted by atomic mass is 79.9. The van der Waals surface area contributed by atoms with E-state index in [4.69, 9.17) is 9.15 Å². The minimum atomic E-state index is -0.0347. The first-order valence-electron chi connectivity index (χ1n) is 7.82. The molecule has 0 atom stereocenters. The van der Waals surface area contributed by atoms with Crippen LogP contribution in [0.2, 0.25) is 0 Å². The summed E-state index contributed by atoms with van der Waals surface area (Å²) < 4.78 is 11.7. The lowest BCUT2D eigenvalue weighted by atomic mass is 10.1. The molecule has 2 heterocycles. The molecule has 128 valence electrons. The van der Waals surface area contributed by atoms with Crippen LogP contribution in [0.4, 0.5) is 6.01 Å². The van der Waals surface area contributed by atoms with Gasteiger partial charge in [-0.25, -0.2) is 0 Å². The number of piperazine rings is 1. The van der Waals surface area contributed by atoms with Gasteiger partial charge in [-0.1, -0.05) is 28.0 Å². The molecule has 0 N–H and O–H groups in total. The first-order chi connectivity index (χ1) is 11.6. The lowest BCUT2D eigenvalue weighted by Crippen LogP contribution is -2.49. The number of aryl methyl sites for hydroxylation is 1. The summed E-state index contributed by atoms with van der Waals surface area (Å²) in [6, 6.07) is 5.96.